The number of nitrogens with one attached hydrogen (secondary N) is 1. The van der Waals surface area contributed by atoms with E-state index in [1.54, 1.807) is 19.7 Å². The van der Waals surface area contributed by atoms with Crippen LogP contribution in [0.5, 0.6) is 5.75 Å². The first-order valence-corrected chi connectivity index (χ1v) is 11.8. The molecule has 9 nitrogen and oxygen atoms in total. The number of carbonyl (C=O) groups excluding carboxylic acids is 1. The molecule has 1 aliphatic carbocycles. The lowest BCUT2D eigenvalue weighted by Crippen LogP contribution is -2.27. The smallest absolute Gasteiger partial charge is 0.417 e. The lowest BCUT2D eigenvalue weighted by Gasteiger charge is -2.23. The molecular weight excluding hydrogens is 448 g/mol. The van der Waals surface area contributed by atoms with Crippen LogP contribution in [-0.4, -0.2) is 47.3 Å². The van der Waals surface area contributed by atoms with Crippen molar-refractivity contribution in [1.29, 1.82) is 0 Å². The van der Waals surface area contributed by atoms with Crippen LogP contribution >= 0.6 is 0 Å². The SMILES string of the molecule is COc1ccc2ncnc(NCCCC[C@H]3CN(C4=COC=C(C5=CC=CCC5)O4)C(=O)O3)c2c1. The summed E-state index contributed by atoms with van der Waals surface area (Å²) in [5, 5.41) is 4.30. The van der Waals surface area contributed by atoms with Crippen molar-refractivity contribution >= 4 is 22.8 Å². The molecule has 0 radical (unpaired) electrons. The first-order chi connectivity index (χ1) is 17.2. The van der Waals surface area contributed by atoms with Gasteiger partial charge in [0.2, 0.25) is 5.88 Å². The van der Waals surface area contributed by atoms with E-state index < -0.39 is 6.09 Å². The van der Waals surface area contributed by atoms with Gasteiger partial charge in [-0.05, 0) is 55.9 Å². The van der Waals surface area contributed by atoms with Crippen molar-refractivity contribution in [2.75, 3.05) is 25.5 Å². The van der Waals surface area contributed by atoms with E-state index in [0.717, 1.165) is 66.7 Å². The van der Waals surface area contributed by atoms with Gasteiger partial charge < -0.3 is 24.3 Å². The molecule has 3 aliphatic rings. The second-order valence-electron chi connectivity index (χ2n) is 8.48. The minimum Gasteiger partial charge on any atom is -0.497 e. The second kappa shape index (κ2) is 10.5. The monoisotopic (exact) mass is 476 g/mol. The standard InChI is InChI=1S/C26H28N4O5/c1-32-19-10-11-22-21(13-19)25(29-17-28-22)27-12-6-5-9-20-14-30(26(31)34-20)24-16-33-15-23(35-24)18-7-3-2-4-8-18/h2-3,7,10-11,13,15-17,20H,4-6,8-9,12,14H2,1H3,(H,27,28,29)/t20-/m0/s1. The normalized spacial score (nSPS) is 19.3. The molecule has 1 fully saturated rings. The van der Waals surface area contributed by atoms with E-state index in [1.807, 2.05) is 30.4 Å². The summed E-state index contributed by atoms with van der Waals surface area (Å²) in [6, 6.07) is 5.73. The maximum Gasteiger partial charge on any atom is 0.417 e. The van der Waals surface area contributed by atoms with Crippen LogP contribution in [0.2, 0.25) is 0 Å². The van der Waals surface area contributed by atoms with E-state index in [1.165, 1.54) is 11.2 Å². The summed E-state index contributed by atoms with van der Waals surface area (Å²) < 4.78 is 22.3. The van der Waals surface area contributed by atoms with Crippen LogP contribution < -0.4 is 10.1 Å². The van der Waals surface area contributed by atoms with Gasteiger partial charge in [0.1, 0.15) is 30.3 Å². The van der Waals surface area contributed by atoms with Crippen molar-refractivity contribution in [3.63, 3.8) is 0 Å². The summed E-state index contributed by atoms with van der Waals surface area (Å²) >= 11 is 0. The van der Waals surface area contributed by atoms with Gasteiger partial charge in [0.15, 0.2) is 12.0 Å². The quantitative estimate of drug-likeness (QED) is 0.505. The number of unbranched alkanes of at least 4 members (excludes halogenated alkanes) is 1. The molecule has 0 saturated carbocycles. The molecule has 35 heavy (non-hydrogen) atoms. The Hall–Kier alpha value is -4.01. The van der Waals surface area contributed by atoms with Gasteiger partial charge in [-0.1, -0.05) is 18.2 Å². The zero-order valence-corrected chi connectivity index (χ0v) is 19.6. The molecule has 182 valence electrons. The Morgan fingerprint density at radius 1 is 1.23 bits per heavy atom. The Bertz CT molecular complexity index is 1220. The molecule has 0 unspecified atom stereocenters. The fourth-order valence-electron chi connectivity index (χ4n) is 4.24. The molecule has 9 heteroatoms. The highest BCUT2D eigenvalue weighted by atomic mass is 16.6. The summed E-state index contributed by atoms with van der Waals surface area (Å²) in [5.41, 5.74) is 1.91. The first kappa shape index (κ1) is 22.8. The lowest BCUT2D eigenvalue weighted by atomic mass is 10.0. The molecule has 1 aromatic carbocycles. The van der Waals surface area contributed by atoms with E-state index in [0.29, 0.717) is 18.2 Å². The molecule has 5 rings (SSSR count). The van der Waals surface area contributed by atoms with E-state index in [9.17, 15) is 4.79 Å². The predicted molar refractivity (Wildman–Crippen MR) is 130 cm³/mol. The van der Waals surface area contributed by atoms with Gasteiger partial charge in [-0.15, -0.1) is 0 Å². The van der Waals surface area contributed by atoms with Gasteiger partial charge in [0, 0.05) is 11.9 Å². The number of carbonyl (C=O) groups is 1. The largest absolute Gasteiger partial charge is 0.497 e. The number of amides is 1. The number of benzene rings is 1. The van der Waals surface area contributed by atoms with E-state index in [-0.39, 0.29) is 6.10 Å². The van der Waals surface area contributed by atoms with Crippen LogP contribution in [0.3, 0.4) is 0 Å². The molecular formula is C26H28N4O5. The Balaban J connectivity index is 1.09. The second-order valence-corrected chi connectivity index (χ2v) is 8.48. The number of hydrogen-bond donors (Lipinski definition) is 1. The van der Waals surface area contributed by atoms with E-state index >= 15 is 0 Å². The lowest BCUT2D eigenvalue weighted by molar-refractivity contribution is 0.116. The summed E-state index contributed by atoms with van der Waals surface area (Å²) in [5.74, 6) is 2.53. The topological polar surface area (TPSA) is 95.0 Å². The zero-order valence-electron chi connectivity index (χ0n) is 19.6. The van der Waals surface area contributed by atoms with Crippen LogP contribution in [0, 0.1) is 0 Å². The van der Waals surface area contributed by atoms with Gasteiger partial charge in [-0.2, -0.15) is 0 Å². The summed E-state index contributed by atoms with van der Waals surface area (Å²) in [4.78, 5) is 22.6. The molecule has 3 heterocycles. The van der Waals surface area contributed by atoms with Gasteiger partial charge in [0.05, 0.1) is 19.2 Å². The third-order valence-electron chi connectivity index (χ3n) is 6.12. The average Bonchev–Trinajstić information content (AvgIpc) is 3.29. The Morgan fingerprint density at radius 2 is 2.17 bits per heavy atom. The van der Waals surface area contributed by atoms with Crippen LogP contribution in [-0.2, 0) is 14.2 Å². The Morgan fingerprint density at radius 3 is 3.03 bits per heavy atom. The van der Waals surface area contributed by atoms with Crippen molar-refractivity contribution in [2.45, 2.75) is 38.2 Å². The molecule has 1 amide bonds. The molecule has 0 bridgehead atoms. The number of aromatic nitrogens is 2. The molecule has 2 aliphatic heterocycles. The van der Waals surface area contributed by atoms with Crippen molar-refractivity contribution in [2.24, 2.45) is 0 Å². The number of ether oxygens (including phenoxy) is 4. The van der Waals surface area contributed by atoms with Gasteiger partial charge in [0.25, 0.3) is 0 Å². The van der Waals surface area contributed by atoms with Crippen LogP contribution in [0.15, 0.2) is 72.5 Å². The number of cyclic esters (lactones) is 1. The number of fused-ring (bicyclic) bond motifs is 1. The predicted octanol–water partition coefficient (Wildman–Crippen LogP) is 5.00. The highest BCUT2D eigenvalue weighted by Crippen LogP contribution is 2.30. The number of nitrogens with zero attached hydrogens (tertiary/aromatic N) is 3. The number of allylic oxidation sites excluding steroid dienone is 4. The highest BCUT2D eigenvalue weighted by Gasteiger charge is 2.36. The van der Waals surface area contributed by atoms with Gasteiger partial charge >= 0.3 is 6.09 Å². The van der Waals surface area contributed by atoms with E-state index in [2.05, 4.69) is 21.4 Å². The van der Waals surface area contributed by atoms with Crippen molar-refractivity contribution < 1.29 is 23.7 Å². The van der Waals surface area contributed by atoms with Crippen molar-refractivity contribution in [1.82, 2.24) is 14.9 Å². The summed E-state index contributed by atoms with van der Waals surface area (Å²) in [6.45, 7) is 1.18. The number of hydrogen-bond acceptors (Lipinski definition) is 8. The summed E-state index contributed by atoms with van der Waals surface area (Å²) in [6.07, 6.45) is 14.4. The summed E-state index contributed by atoms with van der Waals surface area (Å²) in [7, 11) is 1.64. The maximum absolute atomic E-state index is 12.5. The molecule has 1 atom stereocenters. The molecule has 1 aromatic heterocycles. The van der Waals surface area contributed by atoms with Crippen LogP contribution in [0.1, 0.15) is 32.1 Å². The zero-order chi connectivity index (χ0) is 24.0. The van der Waals surface area contributed by atoms with Crippen molar-refractivity contribution in [3.05, 3.63) is 72.5 Å². The first-order valence-electron chi connectivity index (χ1n) is 11.8. The number of methoxy groups -OCH3 is 1. The molecule has 2 aromatic rings. The maximum atomic E-state index is 12.5. The Labute approximate surface area is 203 Å². The number of anilines is 1. The molecule has 0 spiro atoms. The fourth-order valence-corrected chi connectivity index (χ4v) is 4.24. The highest BCUT2D eigenvalue weighted by molar-refractivity contribution is 5.89. The third kappa shape index (κ3) is 5.24. The Kier molecular flexibility index (Phi) is 6.83. The third-order valence-corrected chi connectivity index (χ3v) is 6.12. The van der Waals surface area contributed by atoms with Gasteiger partial charge in [-0.25, -0.2) is 19.7 Å². The van der Waals surface area contributed by atoms with Gasteiger partial charge in [-0.3, -0.25) is 0 Å². The minimum atomic E-state index is -0.414. The van der Waals surface area contributed by atoms with Crippen molar-refractivity contribution in [3.8, 4) is 5.75 Å². The average molecular weight is 477 g/mol. The van der Waals surface area contributed by atoms with E-state index in [4.69, 9.17) is 18.9 Å². The number of rotatable bonds is 9. The van der Waals surface area contributed by atoms with Crippen LogP contribution in [0.25, 0.3) is 10.9 Å². The fraction of sp³-hybridized carbons (Fsp3) is 0.346. The van der Waals surface area contributed by atoms with Crippen LogP contribution in [0.4, 0.5) is 10.6 Å². The molecule has 1 saturated heterocycles. The molecule has 1 N–H and O–H groups in total. The minimum absolute atomic E-state index is 0.192.